The molecule has 1 aromatic heterocycles. The van der Waals surface area contributed by atoms with E-state index in [1.54, 1.807) is 0 Å². The predicted octanol–water partition coefficient (Wildman–Crippen LogP) is 2.64. The van der Waals surface area contributed by atoms with Crippen LogP contribution in [0, 0.1) is 0 Å². The number of nitrogens with one attached hydrogen (secondary N) is 2. The van der Waals surface area contributed by atoms with Crippen LogP contribution < -0.4 is 10.6 Å². The van der Waals surface area contributed by atoms with E-state index < -0.39 is 0 Å². The Balaban J connectivity index is 0.00000108. The Morgan fingerprint density at radius 1 is 1.29 bits per heavy atom. The lowest BCUT2D eigenvalue weighted by Gasteiger charge is -2.14. The van der Waals surface area contributed by atoms with Crippen LogP contribution in [0.15, 0.2) is 36.7 Å². The maximum Gasteiger partial charge on any atom is 0.0423 e. The molecule has 1 fully saturated rings. The average Bonchev–Trinajstić information content (AvgIpc) is 2.82. The Morgan fingerprint density at radius 3 is 3.06 bits per heavy atom. The predicted molar refractivity (Wildman–Crippen MR) is 73.4 cm³/mol. The van der Waals surface area contributed by atoms with E-state index in [0.29, 0.717) is 6.04 Å². The van der Waals surface area contributed by atoms with E-state index in [4.69, 9.17) is 0 Å². The van der Waals surface area contributed by atoms with Crippen molar-refractivity contribution in [2.75, 3.05) is 18.4 Å². The zero-order chi connectivity index (χ0) is 10.8. The lowest BCUT2D eigenvalue weighted by molar-refractivity contribution is 0.794. The van der Waals surface area contributed by atoms with Crippen molar-refractivity contribution in [2.24, 2.45) is 0 Å². The van der Waals surface area contributed by atoms with Crippen LogP contribution in [-0.2, 0) is 0 Å². The Kier molecular flexibility index (Phi) is 3.59. The van der Waals surface area contributed by atoms with E-state index in [-0.39, 0.29) is 7.43 Å². The first-order valence-corrected chi connectivity index (χ1v) is 5.73. The maximum atomic E-state index is 4.15. The van der Waals surface area contributed by atoms with Crippen molar-refractivity contribution >= 4 is 16.5 Å². The minimum atomic E-state index is 0. The largest absolute Gasteiger partial charge is 0.380 e. The van der Waals surface area contributed by atoms with Gasteiger partial charge in [-0.1, -0.05) is 19.6 Å². The molecule has 1 aliphatic rings. The van der Waals surface area contributed by atoms with Crippen LogP contribution in [-0.4, -0.2) is 24.1 Å². The summed E-state index contributed by atoms with van der Waals surface area (Å²) in [6.07, 6.45) is 4.95. The molecule has 1 aliphatic heterocycles. The third-order valence-electron chi connectivity index (χ3n) is 3.10. The molecular formula is C14H19N3. The average molecular weight is 229 g/mol. The molecule has 3 rings (SSSR count). The third-order valence-corrected chi connectivity index (χ3v) is 3.10. The van der Waals surface area contributed by atoms with E-state index in [9.17, 15) is 0 Å². The van der Waals surface area contributed by atoms with Gasteiger partial charge in [-0.15, -0.1) is 0 Å². The third kappa shape index (κ3) is 2.39. The van der Waals surface area contributed by atoms with Gasteiger partial charge in [0.05, 0.1) is 0 Å². The molecule has 3 nitrogen and oxygen atoms in total. The van der Waals surface area contributed by atoms with Gasteiger partial charge in [-0.2, -0.15) is 0 Å². The molecule has 90 valence electrons. The highest BCUT2D eigenvalue weighted by atomic mass is 15.0. The number of benzene rings is 1. The lowest BCUT2D eigenvalue weighted by atomic mass is 10.1. The molecule has 0 unspecified atom stereocenters. The van der Waals surface area contributed by atoms with Gasteiger partial charge >= 0.3 is 0 Å². The normalized spacial score (nSPS) is 18.9. The fourth-order valence-electron chi connectivity index (χ4n) is 2.25. The number of nitrogens with zero attached hydrogens (tertiary/aromatic N) is 1. The summed E-state index contributed by atoms with van der Waals surface area (Å²) >= 11 is 0. The molecule has 1 aromatic carbocycles. The van der Waals surface area contributed by atoms with Crippen molar-refractivity contribution in [3.63, 3.8) is 0 Å². The van der Waals surface area contributed by atoms with Crippen molar-refractivity contribution in [1.29, 1.82) is 0 Å². The minimum Gasteiger partial charge on any atom is -0.380 e. The summed E-state index contributed by atoms with van der Waals surface area (Å²) in [5.74, 6) is 0. The molecular weight excluding hydrogens is 210 g/mol. The van der Waals surface area contributed by atoms with Gasteiger partial charge in [0.2, 0.25) is 0 Å². The summed E-state index contributed by atoms with van der Waals surface area (Å²) in [6, 6.07) is 8.94. The molecule has 3 heteroatoms. The molecule has 2 heterocycles. The zero-order valence-corrected chi connectivity index (χ0v) is 9.11. The molecule has 0 radical (unpaired) electrons. The summed E-state index contributed by atoms with van der Waals surface area (Å²) in [5.41, 5.74) is 1.22. The van der Waals surface area contributed by atoms with Crippen LogP contribution in [0.3, 0.4) is 0 Å². The number of rotatable bonds is 2. The van der Waals surface area contributed by atoms with Crippen LogP contribution in [0.4, 0.5) is 5.69 Å². The van der Waals surface area contributed by atoms with Gasteiger partial charge in [0.25, 0.3) is 0 Å². The number of hydrogen-bond acceptors (Lipinski definition) is 3. The van der Waals surface area contributed by atoms with Gasteiger partial charge < -0.3 is 10.6 Å². The van der Waals surface area contributed by atoms with Crippen LogP contribution in [0.2, 0.25) is 0 Å². The summed E-state index contributed by atoms with van der Waals surface area (Å²) in [7, 11) is 0. The SMILES string of the molecule is C.c1cc(N[C@@H]2CCNC2)c2ccncc2c1. The summed E-state index contributed by atoms with van der Waals surface area (Å²) in [5, 5.41) is 9.41. The lowest BCUT2D eigenvalue weighted by Crippen LogP contribution is -2.22. The molecule has 1 atom stereocenters. The molecule has 0 spiro atoms. The van der Waals surface area contributed by atoms with Crippen molar-refractivity contribution in [3.8, 4) is 0 Å². The highest BCUT2D eigenvalue weighted by Crippen LogP contribution is 2.23. The smallest absolute Gasteiger partial charge is 0.0423 e. The van der Waals surface area contributed by atoms with Crippen molar-refractivity contribution in [3.05, 3.63) is 36.7 Å². The van der Waals surface area contributed by atoms with Gasteiger partial charge in [-0.3, -0.25) is 4.98 Å². The second-order valence-electron chi connectivity index (χ2n) is 4.24. The molecule has 0 aliphatic carbocycles. The van der Waals surface area contributed by atoms with Gasteiger partial charge in [-0.25, -0.2) is 0 Å². The Hall–Kier alpha value is -1.61. The van der Waals surface area contributed by atoms with Crippen LogP contribution in [0.25, 0.3) is 10.8 Å². The van der Waals surface area contributed by atoms with E-state index in [1.807, 2.05) is 12.4 Å². The van der Waals surface area contributed by atoms with Gasteiger partial charge in [-0.05, 0) is 25.1 Å². The molecule has 2 aromatic rings. The maximum absolute atomic E-state index is 4.15. The standard InChI is InChI=1S/C13H15N3.CH4/c1-2-10-8-14-7-5-12(10)13(3-1)16-11-4-6-15-9-11;/h1-3,5,7-8,11,15-16H,4,6,9H2;1H4/t11-;/m1./s1. The second kappa shape index (κ2) is 5.15. The highest BCUT2D eigenvalue weighted by molar-refractivity contribution is 5.93. The van der Waals surface area contributed by atoms with Gasteiger partial charge in [0.1, 0.15) is 0 Å². The van der Waals surface area contributed by atoms with Crippen LogP contribution >= 0.6 is 0 Å². The number of pyridine rings is 1. The first-order valence-electron chi connectivity index (χ1n) is 5.73. The monoisotopic (exact) mass is 229 g/mol. The molecule has 2 N–H and O–H groups in total. The van der Waals surface area contributed by atoms with E-state index in [0.717, 1.165) is 13.1 Å². The second-order valence-corrected chi connectivity index (χ2v) is 4.24. The Bertz CT molecular complexity index is 484. The number of fused-ring (bicyclic) bond motifs is 1. The van der Waals surface area contributed by atoms with Crippen molar-refractivity contribution in [1.82, 2.24) is 10.3 Å². The van der Waals surface area contributed by atoms with Crippen molar-refractivity contribution in [2.45, 2.75) is 19.9 Å². The molecule has 0 saturated carbocycles. The Labute approximate surface area is 102 Å². The summed E-state index contributed by atoms with van der Waals surface area (Å²) < 4.78 is 0. The highest BCUT2D eigenvalue weighted by Gasteiger charge is 2.14. The molecule has 0 amide bonds. The van der Waals surface area contributed by atoms with E-state index in [2.05, 4.69) is 39.9 Å². The summed E-state index contributed by atoms with van der Waals surface area (Å²) in [6.45, 7) is 2.17. The topological polar surface area (TPSA) is 37.0 Å². The first kappa shape index (κ1) is 11.9. The van der Waals surface area contributed by atoms with Gasteiger partial charge in [0, 0.05) is 41.4 Å². The number of anilines is 1. The summed E-state index contributed by atoms with van der Waals surface area (Å²) in [4.78, 5) is 4.15. The molecule has 1 saturated heterocycles. The molecule has 17 heavy (non-hydrogen) atoms. The fraction of sp³-hybridized carbons (Fsp3) is 0.357. The minimum absolute atomic E-state index is 0. The molecule has 0 bridgehead atoms. The first-order chi connectivity index (χ1) is 7.93. The van der Waals surface area contributed by atoms with Crippen LogP contribution in [0.5, 0.6) is 0 Å². The fourth-order valence-corrected chi connectivity index (χ4v) is 2.25. The van der Waals surface area contributed by atoms with Gasteiger partial charge in [0.15, 0.2) is 0 Å². The Morgan fingerprint density at radius 2 is 2.24 bits per heavy atom. The number of hydrogen-bond donors (Lipinski definition) is 2. The van der Waals surface area contributed by atoms with E-state index in [1.165, 1.54) is 22.9 Å². The van der Waals surface area contributed by atoms with Crippen molar-refractivity contribution < 1.29 is 0 Å². The quantitative estimate of drug-likeness (QED) is 0.831. The van der Waals surface area contributed by atoms with E-state index >= 15 is 0 Å². The van der Waals surface area contributed by atoms with Crippen LogP contribution in [0.1, 0.15) is 13.8 Å². The zero-order valence-electron chi connectivity index (χ0n) is 9.11. The number of aromatic nitrogens is 1.